The lowest BCUT2D eigenvalue weighted by Crippen LogP contribution is -2.40. The van der Waals surface area contributed by atoms with E-state index in [9.17, 15) is 0 Å². The van der Waals surface area contributed by atoms with E-state index in [0.29, 0.717) is 5.41 Å². The van der Waals surface area contributed by atoms with Crippen LogP contribution in [0.25, 0.3) is 0 Å². The lowest BCUT2D eigenvalue weighted by Gasteiger charge is -2.36. The van der Waals surface area contributed by atoms with Gasteiger partial charge in [0.1, 0.15) is 11.4 Å². The molecule has 3 rings (SSSR count). The minimum atomic E-state index is 0.305. The molecule has 2 aliphatic rings. The highest BCUT2D eigenvalue weighted by atomic mass is 16.5. The van der Waals surface area contributed by atoms with E-state index in [4.69, 9.17) is 9.47 Å². The molecule has 1 spiro atoms. The fraction of sp³-hybridized carbons (Fsp3) is 0.625. The van der Waals surface area contributed by atoms with Crippen LogP contribution in [0.5, 0.6) is 5.75 Å². The fourth-order valence-corrected chi connectivity index (χ4v) is 2.97. The minimum absolute atomic E-state index is 0.305. The largest absolute Gasteiger partial charge is 0.491 e. The number of fused-ring (bicyclic) bond motifs is 1. The monoisotopic (exact) mass is 276 g/mol. The topological polar surface area (TPSA) is 42.5 Å². The molecule has 0 amide bonds. The van der Waals surface area contributed by atoms with Crippen LogP contribution < -0.4 is 15.4 Å². The van der Waals surface area contributed by atoms with Crippen molar-refractivity contribution in [3.8, 4) is 5.75 Å². The molecular weight excluding hydrogens is 252 g/mol. The molecule has 1 aromatic carbocycles. The zero-order valence-electron chi connectivity index (χ0n) is 12.2. The molecule has 0 saturated carbocycles. The molecule has 110 valence electrons. The molecular formula is C16H24N2O2. The number of hydrogen-bond donors (Lipinski definition) is 2. The summed E-state index contributed by atoms with van der Waals surface area (Å²) in [6.45, 7) is 6.63. The van der Waals surface area contributed by atoms with Gasteiger partial charge in [-0.15, -0.1) is 0 Å². The Morgan fingerprint density at radius 3 is 2.80 bits per heavy atom. The molecule has 1 fully saturated rings. The molecule has 0 bridgehead atoms. The van der Waals surface area contributed by atoms with Crippen LogP contribution in [0.1, 0.15) is 26.2 Å². The van der Waals surface area contributed by atoms with E-state index in [1.54, 1.807) is 0 Å². The van der Waals surface area contributed by atoms with Crippen LogP contribution >= 0.6 is 0 Å². The number of ether oxygens (including phenoxy) is 2. The second kappa shape index (κ2) is 5.92. The molecule has 0 aromatic heterocycles. The Balaban J connectivity index is 1.79. The Morgan fingerprint density at radius 1 is 1.20 bits per heavy atom. The summed E-state index contributed by atoms with van der Waals surface area (Å²) in [5, 5.41) is 7.22. The van der Waals surface area contributed by atoms with Crippen molar-refractivity contribution in [2.45, 2.75) is 26.2 Å². The quantitative estimate of drug-likeness (QED) is 0.890. The first-order valence-electron chi connectivity index (χ1n) is 7.64. The highest BCUT2D eigenvalue weighted by Crippen LogP contribution is 2.40. The number of anilines is 2. The van der Waals surface area contributed by atoms with E-state index in [1.165, 1.54) is 0 Å². The Hall–Kier alpha value is -1.42. The zero-order valence-corrected chi connectivity index (χ0v) is 12.2. The maximum atomic E-state index is 5.86. The first kappa shape index (κ1) is 13.6. The number of rotatable bonds is 3. The first-order chi connectivity index (χ1) is 9.83. The summed E-state index contributed by atoms with van der Waals surface area (Å²) in [7, 11) is 0. The molecule has 1 saturated heterocycles. The van der Waals surface area contributed by atoms with Crippen molar-refractivity contribution in [3.63, 3.8) is 0 Å². The van der Waals surface area contributed by atoms with Gasteiger partial charge in [0.25, 0.3) is 0 Å². The smallest absolute Gasteiger partial charge is 0.144 e. The van der Waals surface area contributed by atoms with E-state index in [-0.39, 0.29) is 0 Å². The predicted molar refractivity (Wildman–Crippen MR) is 81.7 cm³/mol. The van der Waals surface area contributed by atoms with Gasteiger partial charge in [-0.2, -0.15) is 0 Å². The molecule has 2 aliphatic heterocycles. The lowest BCUT2D eigenvalue weighted by molar-refractivity contribution is 0.0276. The van der Waals surface area contributed by atoms with Crippen LogP contribution in [0, 0.1) is 5.41 Å². The Labute approximate surface area is 120 Å². The number of para-hydroxylation sites is 1. The van der Waals surface area contributed by atoms with Gasteiger partial charge in [-0.1, -0.05) is 13.0 Å². The van der Waals surface area contributed by atoms with Gasteiger partial charge in [-0.3, -0.25) is 0 Å². The van der Waals surface area contributed by atoms with Gasteiger partial charge >= 0.3 is 0 Å². The van der Waals surface area contributed by atoms with Crippen LogP contribution in [0.3, 0.4) is 0 Å². The summed E-state index contributed by atoms with van der Waals surface area (Å²) >= 11 is 0. The van der Waals surface area contributed by atoms with E-state index in [2.05, 4.69) is 29.7 Å². The SMILES string of the molecule is CCCOc1cccc2c1NCC1(CCOCC1)CN2. The minimum Gasteiger partial charge on any atom is -0.491 e. The van der Waals surface area contributed by atoms with Gasteiger partial charge in [0.2, 0.25) is 0 Å². The van der Waals surface area contributed by atoms with Crippen molar-refractivity contribution in [2.24, 2.45) is 5.41 Å². The average Bonchev–Trinajstić information content (AvgIpc) is 2.67. The van der Waals surface area contributed by atoms with Crippen LogP contribution in [0.4, 0.5) is 11.4 Å². The fourth-order valence-electron chi connectivity index (χ4n) is 2.97. The summed E-state index contributed by atoms with van der Waals surface area (Å²) in [5.41, 5.74) is 2.57. The molecule has 0 radical (unpaired) electrons. The molecule has 4 heteroatoms. The molecule has 0 atom stereocenters. The summed E-state index contributed by atoms with van der Waals surface area (Å²) < 4.78 is 11.4. The lowest BCUT2D eigenvalue weighted by atomic mass is 9.80. The standard InChI is InChI=1S/C16H24N2O2/c1-2-8-20-14-5-3-4-13-15(14)18-12-16(11-17-13)6-9-19-10-7-16/h3-5,17-18H,2,6-12H2,1H3. The van der Waals surface area contributed by atoms with Gasteiger partial charge in [-0.05, 0) is 31.4 Å². The highest BCUT2D eigenvalue weighted by molar-refractivity contribution is 5.76. The third kappa shape index (κ3) is 2.70. The van der Waals surface area contributed by atoms with Crippen LogP contribution in [-0.4, -0.2) is 32.9 Å². The summed E-state index contributed by atoms with van der Waals surface area (Å²) in [6.07, 6.45) is 3.26. The molecule has 0 unspecified atom stereocenters. The number of nitrogens with one attached hydrogen (secondary N) is 2. The van der Waals surface area contributed by atoms with E-state index in [0.717, 1.165) is 69.3 Å². The van der Waals surface area contributed by atoms with Crippen molar-refractivity contribution in [2.75, 3.05) is 43.5 Å². The van der Waals surface area contributed by atoms with Crippen LogP contribution in [0.2, 0.25) is 0 Å². The molecule has 0 aliphatic carbocycles. The van der Waals surface area contributed by atoms with Gasteiger partial charge in [0, 0.05) is 31.7 Å². The van der Waals surface area contributed by atoms with E-state index >= 15 is 0 Å². The summed E-state index contributed by atoms with van der Waals surface area (Å²) in [4.78, 5) is 0. The third-order valence-corrected chi connectivity index (χ3v) is 4.34. The predicted octanol–water partition coefficient (Wildman–Crippen LogP) is 3.11. The average molecular weight is 276 g/mol. The van der Waals surface area contributed by atoms with Crippen LogP contribution in [-0.2, 0) is 4.74 Å². The van der Waals surface area contributed by atoms with Crippen molar-refractivity contribution in [1.29, 1.82) is 0 Å². The second-order valence-corrected chi connectivity index (χ2v) is 5.85. The van der Waals surface area contributed by atoms with Crippen molar-refractivity contribution >= 4 is 11.4 Å². The van der Waals surface area contributed by atoms with E-state index in [1.807, 2.05) is 6.07 Å². The van der Waals surface area contributed by atoms with Gasteiger partial charge in [0.05, 0.1) is 12.3 Å². The zero-order chi connectivity index (χ0) is 13.8. The maximum absolute atomic E-state index is 5.86. The maximum Gasteiger partial charge on any atom is 0.144 e. The van der Waals surface area contributed by atoms with Gasteiger partial charge < -0.3 is 20.1 Å². The van der Waals surface area contributed by atoms with Crippen molar-refractivity contribution in [3.05, 3.63) is 18.2 Å². The molecule has 2 N–H and O–H groups in total. The van der Waals surface area contributed by atoms with E-state index < -0.39 is 0 Å². The number of benzene rings is 1. The first-order valence-corrected chi connectivity index (χ1v) is 7.64. The van der Waals surface area contributed by atoms with Crippen LogP contribution in [0.15, 0.2) is 18.2 Å². The molecule has 20 heavy (non-hydrogen) atoms. The Morgan fingerprint density at radius 2 is 2.00 bits per heavy atom. The van der Waals surface area contributed by atoms with Crippen molar-refractivity contribution in [1.82, 2.24) is 0 Å². The molecule has 1 aromatic rings. The van der Waals surface area contributed by atoms with Gasteiger partial charge in [-0.25, -0.2) is 0 Å². The molecule has 4 nitrogen and oxygen atoms in total. The molecule has 2 heterocycles. The normalized spacial score (nSPS) is 20.4. The van der Waals surface area contributed by atoms with Crippen molar-refractivity contribution < 1.29 is 9.47 Å². The van der Waals surface area contributed by atoms with Gasteiger partial charge in [0.15, 0.2) is 0 Å². The Bertz CT molecular complexity index is 456. The second-order valence-electron chi connectivity index (χ2n) is 5.85. The highest BCUT2D eigenvalue weighted by Gasteiger charge is 2.34. The third-order valence-electron chi connectivity index (χ3n) is 4.34. The Kier molecular flexibility index (Phi) is 4.01. The number of hydrogen-bond acceptors (Lipinski definition) is 4. The summed E-state index contributed by atoms with van der Waals surface area (Å²) in [5.74, 6) is 0.959. The summed E-state index contributed by atoms with van der Waals surface area (Å²) in [6, 6.07) is 6.23.